The van der Waals surface area contributed by atoms with Crippen LogP contribution in [0.25, 0.3) is 0 Å². The average Bonchev–Trinajstić information content (AvgIpc) is 3.31. The van der Waals surface area contributed by atoms with Crippen LogP contribution < -0.4 is 5.32 Å². The van der Waals surface area contributed by atoms with Crippen LogP contribution in [0, 0.1) is 0 Å². The van der Waals surface area contributed by atoms with Crippen LogP contribution in [0.4, 0.5) is 0 Å². The Morgan fingerprint density at radius 2 is 1.81 bits per heavy atom. The molecule has 1 aliphatic carbocycles. The second-order valence-electron chi connectivity index (χ2n) is 6.97. The molecule has 2 fully saturated rings. The fraction of sp³-hybridized carbons (Fsp3) is 0.667. The Balaban J connectivity index is 1.49. The second kappa shape index (κ2) is 6.91. The van der Waals surface area contributed by atoms with Gasteiger partial charge in [0, 0.05) is 31.7 Å². The van der Waals surface area contributed by atoms with E-state index >= 15 is 0 Å². The normalized spacial score (nSPS) is 23.7. The van der Waals surface area contributed by atoms with Crippen molar-refractivity contribution in [1.82, 2.24) is 15.1 Å². The molecule has 1 aliphatic heterocycles. The lowest BCUT2D eigenvalue weighted by atomic mass is 10.0. The molecule has 3 rings (SSSR count). The van der Waals surface area contributed by atoms with Crippen molar-refractivity contribution < 1.29 is 0 Å². The van der Waals surface area contributed by atoms with Crippen molar-refractivity contribution in [3.8, 4) is 0 Å². The summed E-state index contributed by atoms with van der Waals surface area (Å²) in [7, 11) is 4.41. The molecule has 1 atom stereocenters. The highest BCUT2D eigenvalue weighted by Crippen LogP contribution is 2.20. The molecule has 0 amide bonds. The molecule has 21 heavy (non-hydrogen) atoms. The number of nitrogens with one attached hydrogen (secondary N) is 1. The summed E-state index contributed by atoms with van der Waals surface area (Å²) < 4.78 is 0. The summed E-state index contributed by atoms with van der Waals surface area (Å²) in [6.07, 6.45) is 5.39. The number of likely N-dealkylation sites (N-methyl/N-ethyl adjacent to an activating group) is 1. The third kappa shape index (κ3) is 4.53. The second-order valence-corrected chi connectivity index (χ2v) is 6.97. The van der Waals surface area contributed by atoms with Gasteiger partial charge in [-0.1, -0.05) is 24.3 Å². The standard InChI is InChI=1S/C18H29N3/c1-20(2)18-4-3-11-21(14-18)13-16-7-5-15(6-8-16)12-19-17-9-10-17/h5-8,17-19H,3-4,9-14H2,1-2H3. The highest BCUT2D eigenvalue weighted by molar-refractivity contribution is 5.22. The Kier molecular flexibility index (Phi) is 4.94. The molecule has 3 heteroatoms. The molecule has 1 saturated heterocycles. The molecule has 1 aromatic rings. The van der Waals surface area contributed by atoms with Gasteiger partial charge in [0.1, 0.15) is 0 Å². The van der Waals surface area contributed by atoms with Gasteiger partial charge in [0.05, 0.1) is 0 Å². The van der Waals surface area contributed by atoms with Crippen molar-refractivity contribution in [2.24, 2.45) is 0 Å². The van der Waals surface area contributed by atoms with Crippen LogP contribution in [0.15, 0.2) is 24.3 Å². The summed E-state index contributed by atoms with van der Waals surface area (Å²) in [4.78, 5) is 4.98. The van der Waals surface area contributed by atoms with E-state index in [1.807, 2.05) is 0 Å². The molecule has 1 unspecified atom stereocenters. The van der Waals surface area contributed by atoms with E-state index in [-0.39, 0.29) is 0 Å². The van der Waals surface area contributed by atoms with Gasteiger partial charge in [-0.25, -0.2) is 0 Å². The highest BCUT2D eigenvalue weighted by atomic mass is 15.2. The Labute approximate surface area is 129 Å². The number of piperidine rings is 1. The van der Waals surface area contributed by atoms with Crippen molar-refractivity contribution in [3.05, 3.63) is 35.4 Å². The van der Waals surface area contributed by atoms with Crippen molar-refractivity contribution >= 4 is 0 Å². The van der Waals surface area contributed by atoms with Crippen LogP contribution >= 0.6 is 0 Å². The SMILES string of the molecule is CN(C)C1CCCN(Cc2ccc(CNC3CC3)cc2)C1. The fourth-order valence-electron chi connectivity index (χ4n) is 3.17. The van der Waals surface area contributed by atoms with Gasteiger partial charge in [0.15, 0.2) is 0 Å². The molecule has 1 aromatic carbocycles. The van der Waals surface area contributed by atoms with Crippen LogP contribution in [0.5, 0.6) is 0 Å². The first kappa shape index (κ1) is 15.0. The Bertz CT molecular complexity index is 436. The summed E-state index contributed by atoms with van der Waals surface area (Å²) in [5.41, 5.74) is 2.86. The van der Waals surface area contributed by atoms with E-state index in [0.717, 1.165) is 25.2 Å². The van der Waals surface area contributed by atoms with E-state index in [4.69, 9.17) is 0 Å². The monoisotopic (exact) mass is 287 g/mol. The first-order valence-electron chi connectivity index (χ1n) is 8.41. The van der Waals surface area contributed by atoms with Gasteiger partial charge in [0.25, 0.3) is 0 Å². The molecule has 1 N–H and O–H groups in total. The summed E-state index contributed by atoms with van der Waals surface area (Å²) in [6, 6.07) is 10.7. The van der Waals surface area contributed by atoms with Crippen LogP contribution in [0.1, 0.15) is 36.8 Å². The van der Waals surface area contributed by atoms with Crippen LogP contribution in [0.2, 0.25) is 0 Å². The van der Waals surface area contributed by atoms with Crippen molar-refractivity contribution in [1.29, 1.82) is 0 Å². The number of likely N-dealkylation sites (tertiary alicyclic amines) is 1. The van der Waals surface area contributed by atoms with Crippen molar-refractivity contribution in [2.75, 3.05) is 27.2 Å². The molecule has 0 spiro atoms. The topological polar surface area (TPSA) is 18.5 Å². The van der Waals surface area contributed by atoms with Crippen LogP contribution in [0.3, 0.4) is 0 Å². The molecular formula is C18H29N3. The van der Waals surface area contributed by atoms with Gasteiger partial charge in [0.2, 0.25) is 0 Å². The van der Waals surface area contributed by atoms with Crippen molar-refractivity contribution in [3.63, 3.8) is 0 Å². The van der Waals surface area contributed by atoms with Gasteiger partial charge in [-0.15, -0.1) is 0 Å². The number of hydrogen-bond donors (Lipinski definition) is 1. The van der Waals surface area contributed by atoms with Crippen molar-refractivity contribution in [2.45, 2.75) is 50.9 Å². The Morgan fingerprint density at radius 3 is 2.48 bits per heavy atom. The smallest absolute Gasteiger partial charge is 0.0234 e. The predicted molar refractivity (Wildman–Crippen MR) is 88.3 cm³/mol. The van der Waals surface area contributed by atoms with E-state index in [0.29, 0.717) is 0 Å². The first-order valence-corrected chi connectivity index (χ1v) is 8.41. The summed E-state index contributed by atoms with van der Waals surface area (Å²) in [5, 5.41) is 3.58. The molecule has 2 aliphatic rings. The zero-order valence-corrected chi connectivity index (χ0v) is 13.5. The fourth-order valence-corrected chi connectivity index (χ4v) is 3.17. The van der Waals surface area contributed by atoms with Gasteiger partial charge < -0.3 is 10.2 Å². The third-order valence-corrected chi connectivity index (χ3v) is 4.81. The zero-order chi connectivity index (χ0) is 14.7. The highest BCUT2D eigenvalue weighted by Gasteiger charge is 2.21. The third-order valence-electron chi connectivity index (χ3n) is 4.81. The van der Waals surface area contributed by atoms with Crippen LogP contribution in [-0.2, 0) is 13.1 Å². The molecule has 1 saturated carbocycles. The minimum Gasteiger partial charge on any atom is -0.310 e. The van der Waals surface area contributed by atoms with Gasteiger partial charge >= 0.3 is 0 Å². The Morgan fingerprint density at radius 1 is 1.10 bits per heavy atom. The predicted octanol–water partition coefficient (Wildman–Crippen LogP) is 2.46. The minimum absolute atomic E-state index is 0.723. The number of hydrogen-bond acceptors (Lipinski definition) is 3. The maximum Gasteiger partial charge on any atom is 0.0234 e. The molecule has 116 valence electrons. The minimum atomic E-state index is 0.723. The van der Waals surface area contributed by atoms with Gasteiger partial charge in [-0.3, -0.25) is 4.90 Å². The largest absolute Gasteiger partial charge is 0.310 e. The molecule has 3 nitrogen and oxygen atoms in total. The van der Waals surface area contributed by atoms with Gasteiger partial charge in [-0.2, -0.15) is 0 Å². The number of rotatable bonds is 6. The molecule has 0 radical (unpaired) electrons. The molecule has 0 bridgehead atoms. The lowest BCUT2D eigenvalue weighted by molar-refractivity contribution is 0.128. The molecule has 0 aromatic heterocycles. The summed E-state index contributed by atoms with van der Waals surface area (Å²) >= 11 is 0. The summed E-state index contributed by atoms with van der Waals surface area (Å²) in [5.74, 6) is 0. The van der Waals surface area contributed by atoms with E-state index in [2.05, 4.69) is 53.5 Å². The average molecular weight is 287 g/mol. The van der Waals surface area contributed by atoms with E-state index in [9.17, 15) is 0 Å². The van der Waals surface area contributed by atoms with E-state index in [1.165, 1.54) is 49.9 Å². The molecule has 1 heterocycles. The van der Waals surface area contributed by atoms with Crippen LogP contribution in [-0.4, -0.2) is 49.1 Å². The zero-order valence-electron chi connectivity index (χ0n) is 13.5. The van der Waals surface area contributed by atoms with E-state index in [1.54, 1.807) is 0 Å². The lowest BCUT2D eigenvalue weighted by Crippen LogP contribution is -2.44. The van der Waals surface area contributed by atoms with E-state index < -0.39 is 0 Å². The maximum atomic E-state index is 3.58. The van der Waals surface area contributed by atoms with Gasteiger partial charge in [-0.05, 0) is 57.5 Å². The first-order chi connectivity index (χ1) is 10.2. The quantitative estimate of drug-likeness (QED) is 0.867. The maximum absolute atomic E-state index is 3.58. The number of benzene rings is 1. The summed E-state index contributed by atoms with van der Waals surface area (Å²) in [6.45, 7) is 4.57. The number of nitrogens with zero attached hydrogens (tertiary/aromatic N) is 2. The Hall–Kier alpha value is -0.900. The molecular weight excluding hydrogens is 258 g/mol. The lowest BCUT2D eigenvalue weighted by Gasteiger charge is -2.36.